The van der Waals surface area contributed by atoms with Crippen molar-refractivity contribution < 1.29 is 14.3 Å². The van der Waals surface area contributed by atoms with Crippen LogP contribution < -0.4 is 5.32 Å². The third-order valence-electron chi connectivity index (χ3n) is 5.65. The number of carbonyl (C=O) groups excluding carboxylic acids is 2. The van der Waals surface area contributed by atoms with Crippen LogP contribution in [0.4, 0.5) is 4.79 Å². The molecule has 0 aromatic heterocycles. The SMILES string of the molecule is COC(C)(C)CN1C(=O)N(C(C)C)C2(CC3CCC(C2)N3)C1=O. The Morgan fingerprint density at radius 3 is 2.30 bits per heavy atom. The molecule has 1 N–H and O–H groups in total. The average Bonchev–Trinajstić information content (AvgIpc) is 2.90. The topological polar surface area (TPSA) is 61.9 Å². The molecule has 130 valence electrons. The van der Waals surface area contributed by atoms with Crippen molar-refractivity contribution >= 4 is 11.9 Å². The van der Waals surface area contributed by atoms with E-state index in [1.165, 1.54) is 4.90 Å². The standard InChI is InChI=1S/C17H29N3O3/c1-11(2)20-15(22)19(10-16(3,4)23-5)14(21)17(20)8-12-6-7-13(9-17)18-12/h11-13,18H,6-10H2,1-5H3. The fourth-order valence-electron chi connectivity index (χ4n) is 4.55. The Hall–Kier alpha value is -1.14. The van der Waals surface area contributed by atoms with E-state index in [4.69, 9.17) is 4.74 Å². The van der Waals surface area contributed by atoms with Crippen molar-refractivity contribution in [2.24, 2.45) is 0 Å². The first-order valence-corrected chi connectivity index (χ1v) is 8.67. The number of rotatable bonds is 4. The summed E-state index contributed by atoms with van der Waals surface area (Å²) in [7, 11) is 1.62. The van der Waals surface area contributed by atoms with Crippen LogP contribution in [0.5, 0.6) is 0 Å². The fourth-order valence-corrected chi connectivity index (χ4v) is 4.55. The molecule has 3 aliphatic rings. The Labute approximate surface area is 138 Å². The number of ether oxygens (including phenoxy) is 1. The third kappa shape index (κ3) is 2.56. The second-order valence-electron chi connectivity index (χ2n) is 8.18. The number of hydrogen-bond donors (Lipinski definition) is 1. The first kappa shape index (κ1) is 16.7. The predicted molar refractivity (Wildman–Crippen MR) is 87.1 cm³/mol. The molecule has 3 amide bonds. The number of methoxy groups -OCH3 is 1. The van der Waals surface area contributed by atoms with E-state index in [9.17, 15) is 9.59 Å². The van der Waals surface area contributed by atoms with Gasteiger partial charge in [-0.05, 0) is 53.4 Å². The molecular weight excluding hydrogens is 294 g/mol. The minimum atomic E-state index is -0.661. The normalized spacial score (nSPS) is 34.3. The van der Waals surface area contributed by atoms with Crippen LogP contribution in [0.2, 0.25) is 0 Å². The molecule has 0 aromatic carbocycles. The van der Waals surface area contributed by atoms with Crippen molar-refractivity contribution in [2.75, 3.05) is 13.7 Å². The van der Waals surface area contributed by atoms with Crippen LogP contribution >= 0.6 is 0 Å². The van der Waals surface area contributed by atoms with Gasteiger partial charge >= 0.3 is 6.03 Å². The Morgan fingerprint density at radius 2 is 1.83 bits per heavy atom. The molecule has 2 unspecified atom stereocenters. The number of nitrogens with one attached hydrogen (secondary N) is 1. The molecule has 6 heteroatoms. The van der Waals surface area contributed by atoms with Crippen LogP contribution in [-0.4, -0.2) is 64.7 Å². The summed E-state index contributed by atoms with van der Waals surface area (Å²) in [6.45, 7) is 8.12. The van der Waals surface area contributed by atoms with Gasteiger partial charge in [-0.2, -0.15) is 0 Å². The molecule has 6 nitrogen and oxygen atoms in total. The van der Waals surface area contributed by atoms with Gasteiger partial charge in [0.05, 0.1) is 12.1 Å². The van der Waals surface area contributed by atoms with E-state index in [0.29, 0.717) is 18.6 Å². The molecule has 0 aromatic rings. The number of nitrogens with zero attached hydrogens (tertiary/aromatic N) is 2. The highest BCUT2D eigenvalue weighted by atomic mass is 16.5. The van der Waals surface area contributed by atoms with Crippen LogP contribution in [-0.2, 0) is 9.53 Å². The highest BCUT2D eigenvalue weighted by Gasteiger charge is 2.62. The van der Waals surface area contributed by atoms with Gasteiger partial charge in [0.25, 0.3) is 5.91 Å². The van der Waals surface area contributed by atoms with Crippen LogP contribution in [0.25, 0.3) is 0 Å². The van der Waals surface area contributed by atoms with Gasteiger partial charge in [0.1, 0.15) is 5.54 Å². The van der Waals surface area contributed by atoms with Gasteiger partial charge in [0.2, 0.25) is 0 Å². The molecule has 0 aliphatic carbocycles. The molecule has 2 atom stereocenters. The van der Waals surface area contributed by atoms with Crippen molar-refractivity contribution in [3.63, 3.8) is 0 Å². The molecule has 3 heterocycles. The summed E-state index contributed by atoms with van der Waals surface area (Å²) < 4.78 is 5.45. The lowest BCUT2D eigenvalue weighted by Gasteiger charge is -2.43. The minimum absolute atomic E-state index is 0.0135. The molecule has 23 heavy (non-hydrogen) atoms. The summed E-state index contributed by atoms with van der Waals surface area (Å²) in [4.78, 5) is 29.6. The fraction of sp³-hybridized carbons (Fsp3) is 0.882. The van der Waals surface area contributed by atoms with Crippen LogP contribution in [0, 0.1) is 0 Å². The van der Waals surface area contributed by atoms with Gasteiger partial charge < -0.3 is 15.0 Å². The second kappa shape index (κ2) is 5.45. The van der Waals surface area contributed by atoms with Crippen molar-refractivity contribution in [3.8, 4) is 0 Å². The summed E-state index contributed by atoms with van der Waals surface area (Å²) in [6, 6.07) is 0.556. The highest BCUT2D eigenvalue weighted by Crippen LogP contribution is 2.44. The number of fused-ring (bicyclic) bond motifs is 2. The first-order chi connectivity index (χ1) is 10.7. The van der Waals surface area contributed by atoms with Gasteiger partial charge in [-0.3, -0.25) is 9.69 Å². The zero-order valence-corrected chi connectivity index (χ0v) is 14.9. The second-order valence-corrected chi connectivity index (χ2v) is 8.18. The molecule has 0 radical (unpaired) electrons. The highest BCUT2D eigenvalue weighted by molar-refractivity contribution is 6.07. The van der Waals surface area contributed by atoms with E-state index in [1.807, 2.05) is 32.6 Å². The lowest BCUT2D eigenvalue weighted by atomic mass is 9.81. The monoisotopic (exact) mass is 323 g/mol. The minimum Gasteiger partial charge on any atom is -0.377 e. The number of urea groups is 1. The zero-order chi connectivity index (χ0) is 17.0. The lowest BCUT2D eigenvalue weighted by Crippen LogP contribution is -2.60. The van der Waals surface area contributed by atoms with Crippen molar-refractivity contribution in [2.45, 2.75) is 82.6 Å². The third-order valence-corrected chi connectivity index (χ3v) is 5.65. The lowest BCUT2D eigenvalue weighted by molar-refractivity contribution is -0.138. The molecule has 3 fully saturated rings. The van der Waals surface area contributed by atoms with Gasteiger partial charge in [-0.25, -0.2) is 4.79 Å². The van der Waals surface area contributed by atoms with Gasteiger partial charge in [-0.1, -0.05) is 0 Å². The van der Waals surface area contributed by atoms with E-state index in [2.05, 4.69) is 5.32 Å². The van der Waals surface area contributed by atoms with E-state index < -0.39 is 11.1 Å². The Morgan fingerprint density at radius 1 is 1.26 bits per heavy atom. The van der Waals surface area contributed by atoms with Gasteiger partial charge in [0, 0.05) is 25.2 Å². The maximum atomic E-state index is 13.3. The Kier molecular flexibility index (Phi) is 3.96. The largest absolute Gasteiger partial charge is 0.377 e. The van der Waals surface area contributed by atoms with Crippen LogP contribution in [0.15, 0.2) is 0 Å². The van der Waals surface area contributed by atoms with E-state index in [1.54, 1.807) is 7.11 Å². The summed E-state index contributed by atoms with van der Waals surface area (Å²) in [5, 5.41) is 3.58. The molecule has 3 rings (SSSR count). The van der Waals surface area contributed by atoms with Crippen molar-refractivity contribution in [3.05, 3.63) is 0 Å². The molecule has 3 saturated heterocycles. The van der Waals surface area contributed by atoms with Gasteiger partial charge in [0.15, 0.2) is 0 Å². The Balaban J connectivity index is 1.95. The van der Waals surface area contributed by atoms with Crippen molar-refractivity contribution in [1.82, 2.24) is 15.1 Å². The molecule has 0 saturated carbocycles. The number of imide groups is 1. The number of amides is 3. The average molecular weight is 323 g/mol. The van der Waals surface area contributed by atoms with Gasteiger partial charge in [-0.15, -0.1) is 0 Å². The molecule has 1 spiro atoms. The molecule has 3 aliphatic heterocycles. The Bertz CT molecular complexity index is 505. The predicted octanol–water partition coefficient (Wildman–Crippen LogP) is 1.74. The summed E-state index contributed by atoms with van der Waals surface area (Å²) in [5.74, 6) is -0.0280. The summed E-state index contributed by atoms with van der Waals surface area (Å²) in [6.07, 6.45) is 3.67. The maximum Gasteiger partial charge on any atom is 0.328 e. The summed E-state index contributed by atoms with van der Waals surface area (Å²) >= 11 is 0. The smallest absolute Gasteiger partial charge is 0.328 e. The van der Waals surface area contributed by atoms with Crippen LogP contribution in [0.3, 0.4) is 0 Å². The van der Waals surface area contributed by atoms with E-state index in [-0.39, 0.29) is 18.0 Å². The molecule has 2 bridgehead atoms. The first-order valence-electron chi connectivity index (χ1n) is 8.67. The maximum absolute atomic E-state index is 13.3. The molecular formula is C17H29N3O3. The van der Waals surface area contributed by atoms with Crippen LogP contribution in [0.1, 0.15) is 53.4 Å². The van der Waals surface area contributed by atoms with E-state index in [0.717, 1.165) is 25.7 Å². The zero-order valence-electron chi connectivity index (χ0n) is 14.9. The summed E-state index contributed by atoms with van der Waals surface area (Å²) in [5.41, 5.74) is -1.20. The number of piperidine rings is 1. The quantitative estimate of drug-likeness (QED) is 0.801. The number of hydrogen-bond acceptors (Lipinski definition) is 4. The van der Waals surface area contributed by atoms with E-state index >= 15 is 0 Å². The number of carbonyl (C=O) groups is 2. The van der Waals surface area contributed by atoms with Crippen molar-refractivity contribution in [1.29, 1.82) is 0 Å².